The molecular formula is C19H21F2N5O. The molecule has 2 aliphatic rings. The van der Waals surface area contributed by atoms with Crippen LogP contribution >= 0.6 is 0 Å². The Bertz CT molecular complexity index is 803. The summed E-state index contributed by atoms with van der Waals surface area (Å²) < 4.78 is 27.9. The molecule has 2 saturated heterocycles. The van der Waals surface area contributed by atoms with Gasteiger partial charge in [-0.3, -0.25) is 4.79 Å². The monoisotopic (exact) mass is 373 g/mol. The molecule has 1 N–H and O–H groups in total. The van der Waals surface area contributed by atoms with Crippen molar-refractivity contribution in [2.24, 2.45) is 0 Å². The van der Waals surface area contributed by atoms with Crippen LogP contribution in [-0.4, -0.2) is 48.3 Å². The lowest BCUT2D eigenvalue weighted by atomic mass is 10.2. The van der Waals surface area contributed by atoms with Crippen LogP contribution in [0.1, 0.15) is 29.8 Å². The van der Waals surface area contributed by atoms with Gasteiger partial charge in [-0.05, 0) is 43.5 Å². The molecule has 1 aromatic heterocycles. The number of carbonyl (C=O) groups is 1. The molecule has 1 unspecified atom stereocenters. The molecule has 0 saturated carbocycles. The van der Waals surface area contributed by atoms with Gasteiger partial charge in [0.1, 0.15) is 17.3 Å². The molecular weight excluding hydrogens is 352 g/mol. The minimum absolute atomic E-state index is 0.0380. The minimum Gasteiger partial charge on any atom is -0.365 e. The summed E-state index contributed by atoms with van der Waals surface area (Å²) in [6.07, 6.45) is 2.90. The van der Waals surface area contributed by atoms with E-state index in [1.54, 1.807) is 11.0 Å². The molecule has 2 fully saturated rings. The topological polar surface area (TPSA) is 61.4 Å². The first-order valence-electron chi connectivity index (χ1n) is 9.20. The van der Waals surface area contributed by atoms with Crippen molar-refractivity contribution in [1.82, 2.24) is 15.5 Å². The van der Waals surface area contributed by atoms with E-state index in [9.17, 15) is 13.6 Å². The van der Waals surface area contributed by atoms with Gasteiger partial charge >= 0.3 is 0 Å². The number of amides is 1. The molecule has 1 atom stereocenters. The number of rotatable bonds is 4. The van der Waals surface area contributed by atoms with Gasteiger partial charge in [-0.15, -0.1) is 10.2 Å². The number of halogens is 2. The van der Waals surface area contributed by atoms with E-state index in [-0.39, 0.29) is 23.3 Å². The number of hydrogen-bond acceptors (Lipinski definition) is 5. The van der Waals surface area contributed by atoms with Crippen LogP contribution in [0.4, 0.5) is 20.3 Å². The van der Waals surface area contributed by atoms with Crippen molar-refractivity contribution < 1.29 is 13.6 Å². The van der Waals surface area contributed by atoms with Crippen LogP contribution in [0.3, 0.4) is 0 Å². The average Bonchev–Trinajstić information content (AvgIpc) is 3.34. The van der Waals surface area contributed by atoms with Gasteiger partial charge in [-0.2, -0.15) is 0 Å². The van der Waals surface area contributed by atoms with Gasteiger partial charge in [0.2, 0.25) is 0 Å². The van der Waals surface area contributed by atoms with E-state index in [1.807, 2.05) is 6.07 Å². The van der Waals surface area contributed by atoms with Gasteiger partial charge in [0.05, 0.1) is 0 Å². The third-order valence-corrected chi connectivity index (χ3v) is 5.09. The number of nitrogens with one attached hydrogen (secondary N) is 1. The number of benzene rings is 1. The second-order valence-corrected chi connectivity index (χ2v) is 6.95. The summed E-state index contributed by atoms with van der Waals surface area (Å²) in [7, 11) is 0. The SMILES string of the molecule is O=C(NC1CCN(c2c(F)cccc2F)C1)c1ccc(N2CCCC2)nn1. The zero-order valence-electron chi connectivity index (χ0n) is 14.9. The molecule has 4 rings (SSSR count). The fraction of sp³-hybridized carbons (Fsp3) is 0.421. The van der Waals surface area contributed by atoms with E-state index >= 15 is 0 Å². The third kappa shape index (κ3) is 3.70. The lowest BCUT2D eigenvalue weighted by molar-refractivity contribution is 0.0934. The highest BCUT2D eigenvalue weighted by molar-refractivity contribution is 5.92. The standard InChI is InChI=1S/C19H21F2N5O/c20-14-4-3-5-15(21)18(14)26-11-8-13(12-26)22-19(27)16-6-7-17(24-23-16)25-9-1-2-10-25/h3-7,13H,1-2,8-12H2,(H,22,27). The Morgan fingerprint density at radius 3 is 2.41 bits per heavy atom. The fourth-order valence-corrected chi connectivity index (χ4v) is 3.69. The number of aromatic nitrogens is 2. The Morgan fingerprint density at radius 2 is 1.74 bits per heavy atom. The van der Waals surface area contributed by atoms with Gasteiger partial charge in [0.15, 0.2) is 11.5 Å². The van der Waals surface area contributed by atoms with Crippen LogP contribution in [-0.2, 0) is 0 Å². The summed E-state index contributed by atoms with van der Waals surface area (Å²) in [5.74, 6) is -0.724. The molecule has 1 amide bonds. The summed E-state index contributed by atoms with van der Waals surface area (Å²) >= 11 is 0. The van der Waals surface area contributed by atoms with Crippen LogP contribution in [0.2, 0.25) is 0 Å². The Labute approximate surface area is 156 Å². The lowest BCUT2D eigenvalue weighted by Gasteiger charge is -2.20. The van der Waals surface area contributed by atoms with Crippen molar-refractivity contribution in [2.75, 3.05) is 36.0 Å². The minimum atomic E-state index is -0.592. The summed E-state index contributed by atoms with van der Waals surface area (Å²) in [6, 6.07) is 7.09. The summed E-state index contributed by atoms with van der Waals surface area (Å²) in [6.45, 7) is 2.75. The van der Waals surface area contributed by atoms with E-state index in [4.69, 9.17) is 0 Å². The normalized spacial score (nSPS) is 19.6. The first-order chi connectivity index (χ1) is 13.1. The molecule has 0 spiro atoms. The van der Waals surface area contributed by atoms with Crippen molar-refractivity contribution in [3.8, 4) is 0 Å². The number of hydrogen-bond donors (Lipinski definition) is 1. The highest BCUT2D eigenvalue weighted by Crippen LogP contribution is 2.26. The van der Waals surface area contributed by atoms with Gasteiger partial charge < -0.3 is 15.1 Å². The number of anilines is 2. The second kappa shape index (κ2) is 7.46. The van der Waals surface area contributed by atoms with E-state index in [0.29, 0.717) is 19.5 Å². The first-order valence-corrected chi connectivity index (χ1v) is 9.20. The summed E-state index contributed by atoms with van der Waals surface area (Å²) in [4.78, 5) is 16.2. The van der Waals surface area contributed by atoms with E-state index in [1.165, 1.54) is 18.2 Å². The number of para-hydroxylation sites is 1. The molecule has 6 nitrogen and oxygen atoms in total. The number of carbonyl (C=O) groups excluding carboxylic acids is 1. The van der Waals surface area contributed by atoms with Gasteiger partial charge in [-0.1, -0.05) is 6.07 Å². The van der Waals surface area contributed by atoms with Crippen LogP contribution in [0.25, 0.3) is 0 Å². The smallest absolute Gasteiger partial charge is 0.272 e. The molecule has 8 heteroatoms. The molecule has 2 aliphatic heterocycles. The Balaban J connectivity index is 1.37. The largest absolute Gasteiger partial charge is 0.365 e. The highest BCUT2D eigenvalue weighted by atomic mass is 19.1. The van der Waals surface area contributed by atoms with E-state index in [0.717, 1.165) is 31.7 Å². The maximum atomic E-state index is 13.9. The zero-order valence-corrected chi connectivity index (χ0v) is 14.9. The molecule has 0 aliphatic carbocycles. The maximum Gasteiger partial charge on any atom is 0.272 e. The second-order valence-electron chi connectivity index (χ2n) is 6.95. The van der Waals surface area contributed by atoms with Crippen molar-refractivity contribution >= 4 is 17.4 Å². The van der Waals surface area contributed by atoms with Crippen molar-refractivity contribution in [3.63, 3.8) is 0 Å². The molecule has 1 aromatic carbocycles. The molecule has 0 radical (unpaired) electrons. The predicted molar refractivity (Wildman–Crippen MR) is 97.9 cm³/mol. The Morgan fingerprint density at radius 1 is 1.00 bits per heavy atom. The van der Waals surface area contributed by atoms with Crippen molar-refractivity contribution in [2.45, 2.75) is 25.3 Å². The van der Waals surface area contributed by atoms with E-state index < -0.39 is 11.6 Å². The van der Waals surface area contributed by atoms with Crippen LogP contribution < -0.4 is 15.1 Å². The zero-order chi connectivity index (χ0) is 18.8. The van der Waals surface area contributed by atoms with Gasteiger partial charge in [0, 0.05) is 32.2 Å². The van der Waals surface area contributed by atoms with Gasteiger partial charge in [-0.25, -0.2) is 8.78 Å². The first kappa shape index (κ1) is 17.6. The number of nitrogens with zero attached hydrogens (tertiary/aromatic N) is 4. The Kier molecular flexibility index (Phi) is 4.87. The van der Waals surface area contributed by atoms with Crippen LogP contribution in [0.5, 0.6) is 0 Å². The quantitative estimate of drug-likeness (QED) is 0.892. The molecule has 0 bridgehead atoms. The van der Waals surface area contributed by atoms with Crippen LogP contribution in [0.15, 0.2) is 30.3 Å². The lowest BCUT2D eigenvalue weighted by Crippen LogP contribution is -2.38. The van der Waals surface area contributed by atoms with Crippen LogP contribution in [0, 0.1) is 11.6 Å². The predicted octanol–water partition coefficient (Wildman–Crippen LogP) is 2.36. The summed E-state index contributed by atoms with van der Waals surface area (Å²) in [5.41, 5.74) is 0.206. The van der Waals surface area contributed by atoms with Crippen molar-refractivity contribution in [1.29, 1.82) is 0 Å². The average molecular weight is 373 g/mol. The fourth-order valence-electron chi connectivity index (χ4n) is 3.69. The van der Waals surface area contributed by atoms with Gasteiger partial charge in [0.25, 0.3) is 5.91 Å². The highest BCUT2D eigenvalue weighted by Gasteiger charge is 2.28. The molecule has 142 valence electrons. The molecule has 2 aromatic rings. The molecule has 3 heterocycles. The van der Waals surface area contributed by atoms with E-state index in [2.05, 4.69) is 20.4 Å². The summed E-state index contributed by atoms with van der Waals surface area (Å²) in [5, 5.41) is 11.1. The third-order valence-electron chi connectivity index (χ3n) is 5.09. The molecule has 27 heavy (non-hydrogen) atoms. The van der Waals surface area contributed by atoms with Crippen molar-refractivity contribution in [3.05, 3.63) is 47.7 Å². The Hall–Kier alpha value is -2.77. The maximum absolute atomic E-state index is 13.9.